The Morgan fingerprint density at radius 1 is 1.15 bits per heavy atom. The molecule has 0 saturated carbocycles. The third-order valence-corrected chi connectivity index (χ3v) is 2.74. The summed E-state index contributed by atoms with van der Waals surface area (Å²) in [5.41, 5.74) is 0.597. The second kappa shape index (κ2) is 6.56. The number of nitrogens with zero attached hydrogens (tertiary/aromatic N) is 2. The van der Waals surface area contributed by atoms with Crippen LogP contribution in [0, 0.1) is 11.6 Å². The molecule has 2 rings (SSSR count). The fraction of sp³-hybridized carbons (Fsp3) is 0.429. The smallest absolute Gasteiger partial charge is 0.220 e. The first kappa shape index (κ1) is 14.6. The lowest BCUT2D eigenvalue weighted by Gasteiger charge is -2.04. The van der Waals surface area contributed by atoms with Crippen molar-refractivity contribution in [3.05, 3.63) is 47.2 Å². The molecule has 0 aliphatic heterocycles. The molecule has 2 aromatic rings. The van der Waals surface area contributed by atoms with E-state index in [1.807, 2.05) is 0 Å². The van der Waals surface area contributed by atoms with Gasteiger partial charge >= 0.3 is 0 Å². The molecular formula is C14H17F2N3O. The third kappa shape index (κ3) is 4.09. The minimum Gasteiger partial charge on any atom is -0.425 e. The summed E-state index contributed by atoms with van der Waals surface area (Å²) in [6.07, 6.45) is 0.935. The Morgan fingerprint density at radius 3 is 2.60 bits per heavy atom. The molecule has 0 atom stereocenters. The van der Waals surface area contributed by atoms with Crippen LogP contribution in [-0.4, -0.2) is 22.8 Å². The molecule has 1 N–H and O–H groups in total. The van der Waals surface area contributed by atoms with E-state index in [2.05, 4.69) is 29.4 Å². The van der Waals surface area contributed by atoms with Gasteiger partial charge in [0.15, 0.2) is 11.6 Å². The van der Waals surface area contributed by atoms with Crippen LogP contribution >= 0.6 is 0 Å². The van der Waals surface area contributed by atoms with Gasteiger partial charge < -0.3 is 9.73 Å². The maximum atomic E-state index is 13.1. The first-order valence-corrected chi connectivity index (χ1v) is 6.53. The summed E-state index contributed by atoms with van der Waals surface area (Å²) in [5, 5.41) is 11.1. The minimum absolute atomic E-state index is 0.293. The standard InChI is InChI=1S/C14H17F2N3O/c1-9(2)17-6-5-13-18-19-14(20-13)8-10-3-4-11(15)12(16)7-10/h3-4,7,9,17H,5-6,8H2,1-2H3. The monoisotopic (exact) mass is 281 g/mol. The number of rotatable bonds is 6. The molecule has 1 heterocycles. The predicted octanol–water partition coefficient (Wildman–Crippen LogP) is 2.48. The van der Waals surface area contributed by atoms with Gasteiger partial charge in [0.2, 0.25) is 11.8 Å². The van der Waals surface area contributed by atoms with Crippen molar-refractivity contribution < 1.29 is 13.2 Å². The van der Waals surface area contributed by atoms with Crippen LogP contribution in [-0.2, 0) is 12.8 Å². The molecule has 1 aromatic heterocycles. The van der Waals surface area contributed by atoms with Gasteiger partial charge in [0.1, 0.15) is 0 Å². The van der Waals surface area contributed by atoms with Gasteiger partial charge in [-0.3, -0.25) is 0 Å². The van der Waals surface area contributed by atoms with Gasteiger partial charge in [0.05, 0.1) is 6.42 Å². The number of aromatic nitrogens is 2. The van der Waals surface area contributed by atoms with Crippen LogP contribution in [0.4, 0.5) is 8.78 Å². The van der Waals surface area contributed by atoms with Gasteiger partial charge in [-0.05, 0) is 17.7 Å². The Hall–Kier alpha value is -1.82. The van der Waals surface area contributed by atoms with Crippen molar-refractivity contribution in [2.75, 3.05) is 6.54 Å². The van der Waals surface area contributed by atoms with Gasteiger partial charge in [-0.2, -0.15) is 0 Å². The van der Waals surface area contributed by atoms with E-state index < -0.39 is 11.6 Å². The summed E-state index contributed by atoms with van der Waals surface area (Å²) in [5.74, 6) is -0.797. The van der Waals surface area contributed by atoms with E-state index in [0.717, 1.165) is 18.7 Å². The Kier molecular flexibility index (Phi) is 4.79. The van der Waals surface area contributed by atoms with Gasteiger partial charge in [-0.25, -0.2) is 8.78 Å². The van der Waals surface area contributed by atoms with E-state index in [-0.39, 0.29) is 0 Å². The normalized spacial score (nSPS) is 11.2. The summed E-state index contributed by atoms with van der Waals surface area (Å²) in [4.78, 5) is 0. The third-order valence-electron chi connectivity index (χ3n) is 2.74. The first-order valence-electron chi connectivity index (χ1n) is 6.53. The second-order valence-corrected chi connectivity index (χ2v) is 4.87. The quantitative estimate of drug-likeness (QED) is 0.883. The molecule has 0 aliphatic carbocycles. The fourth-order valence-electron chi connectivity index (χ4n) is 1.75. The van der Waals surface area contributed by atoms with Crippen LogP contribution < -0.4 is 5.32 Å². The fourth-order valence-corrected chi connectivity index (χ4v) is 1.75. The van der Waals surface area contributed by atoms with E-state index in [1.165, 1.54) is 6.07 Å². The molecule has 0 bridgehead atoms. The number of benzene rings is 1. The molecule has 0 amide bonds. The molecule has 6 heteroatoms. The summed E-state index contributed by atoms with van der Waals surface area (Å²) >= 11 is 0. The van der Waals surface area contributed by atoms with Crippen LogP contribution in [0.2, 0.25) is 0 Å². The van der Waals surface area contributed by atoms with E-state index in [4.69, 9.17) is 4.42 Å². The van der Waals surface area contributed by atoms with Crippen molar-refractivity contribution in [3.8, 4) is 0 Å². The zero-order chi connectivity index (χ0) is 14.5. The van der Waals surface area contributed by atoms with Crippen LogP contribution in [0.25, 0.3) is 0 Å². The lowest BCUT2D eigenvalue weighted by molar-refractivity contribution is 0.445. The molecule has 0 aliphatic rings. The van der Waals surface area contributed by atoms with E-state index in [0.29, 0.717) is 36.2 Å². The van der Waals surface area contributed by atoms with Gasteiger partial charge in [0, 0.05) is 19.0 Å². The average molecular weight is 281 g/mol. The zero-order valence-corrected chi connectivity index (χ0v) is 11.5. The highest BCUT2D eigenvalue weighted by molar-refractivity contribution is 5.20. The lowest BCUT2D eigenvalue weighted by Crippen LogP contribution is -2.25. The molecule has 0 fully saturated rings. The van der Waals surface area contributed by atoms with E-state index >= 15 is 0 Å². The van der Waals surface area contributed by atoms with Crippen molar-refractivity contribution >= 4 is 0 Å². The minimum atomic E-state index is -0.872. The number of hydrogen-bond donors (Lipinski definition) is 1. The predicted molar refractivity (Wildman–Crippen MR) is 70.3 cm³/mol. The molecule has 4 nitrogen and oxygen atoms in total. The van der Waals surface area contributed by atoms with E-state index in [9.17, 15) is 8.78 Å². The van der Waals surface area contributed by atoms with Crippen molar-refractivity contribution in [1.29, 1.82) is 0 Å². The molecule has 20 heavy (non-hydrogen) atoms. The van der Waals surface area contributed by atoms with E-state index in [1.54, 1.807) is 0 Å². The molecule has 1 aromatic carbocycles. The van der Waals surface area contributed by atoms with Crippen LogP contribution in [0.5, 0.6) is 0 Å². The maximum absolute atomic E-state index is 13.1. The summed E-state index contributed by atoms with van der Waals surface area (Å²) in [7, 11) is 0. The molecule has 0 unspecified atom stereocenters. The largest absolute Gasteiger partial charge is 0.425 e. The number of halogens is 2. The highest BCUT2D eigenvalue weighted by Crippen LogP contribution is 2.13. The molecule has 0 radical (unpaired) electrons. The Morgan fingerprint density at radius 2 is 1.90 bits per heavy atom. The van der Waals surface area contributed by atoms with Crippen LogP contribution in [0.15, 0.2) is 22.6 Å². The summed E-state index contributed by atoms with van der Waals surface area (Å²) < 4.78 is 31.4. The van der Waals surface area contributed by atoms with Crippen molar-refractivity contribution in [2.45, 2.75) is 32.7 Å². The molecule has 0 saturated heterocycles. The Labute approximate surface area is 116 Å². The van der Waals surface area contributed by atoms with Gasteiger partial charge in [0.25, 0.3) is 0 Å². The van der Waals surface area contributed by atoms with Gasteiger partial charge in [-0.15, -0.1) is 10.2 Å². The Balaban J connectivity index is 1.93. The summed E-state index contributed by atoms with van der Waals surface area (Å²) in [6, 6.07) is 4.14. The Bertz CT molecular complexity index is 569. The maximum Gasteiger partial charge on any atom is 0.220 e. The van der Waals surface area contributed by atoms with Crippen LogP contribution in [0.1, 0.15) is 31.2 Å². The second-order valence-electron chi connectivity index (χ2n) is 4.87. The number of nitrogens with one attached hydrogen (secondary N) is 1. The first-order chi connectivity index (χ1) is 9.54. The average Bonchev–Trinajstić information content (AvgIpc) is 2.81. The van der Waals surface area contributed by atoms with Gasteiger partial charge in [-0.1, -0.05) is 19.9 Å². The molecule has 108 valence electrons. The zero-order valence-electron chi connectivity index (χ0n) is 11.5. The highest BCUT2D eigenvalue weighted by Gasteiger charge is 2.09. The highest BCUT2D eigenvalue weighted by atomic mass is 19.2. The number of hydrogen-bond acceptors (Lipinski definition) is 4. The van der Waals surface area contributed by atoms with Crippen molar-refractivity contribution in [1.82, 2.24) is 15.5 Å². The van der Waals surface area contributed by atoms with Crippen molar-refractivity contribution in [3.63, 3.8) is 0 Å². The summed E-state index contributed by atoms with van der Waals surface area (Å²) in [6.45, 7) is 4.87. The molecule has 0 spiro atoms. The lowest BCUT2D eigenvalue weighted by atomic mass is 10.1. The van der Waals surface area contributed by atoms with Crippen molar-refractivity contribution in [2.24, 2.45) is 0 Å². The molecular weight excluding hydrogens is 264 g/mol. The topological polar surface area (TPSA) is 51.0 Å². The SMILES string of the molecule is CC(C)NCCc1nnc(Cc2ccc(F)c(F)c2)o1. The van der Waals surface area contributed by atoms with Crippen LogP contribution in [0.3, 0.4) is 0 Å².